The van der Waals surface area contributed by atoms with Crippen LogP contribution in [0.1, 0.15) is 37.0 Å². The van der Waals surface area contributed by atoms with E-state index < -0.39 is 5.97 Å². The molecule has 1 aromatic rings. The molecule has 1 amide bonds. The normalized spacial score (nSPS) is 12.2. The lowest BCUT2D eigenvalue weighted by atomic mass is 9.94. The van der Waals surface area contributed by atoms with Crippen molar-refractivity contribution in [3.8, 4) is 0 Å². The molecule has 0 radical (unpaired) electrons. The third-order valence-electron chi connectivity index (χ3n) is 2.94. The minimum absolute atomic E-state index is 0.0565. The molecule has 0 fully saturated rings. The van der Waals surface area contributed by atoms with Crippen molar-refractivity contribution >= 4 is 23.5 Å². The summed E-state index contributed by atoms with van der Waals surface area (Å²) in [5.74, 6) is -0.798. The van der Waals surface area contributed by atoms with Crippen molar-refractivity contribution in [1.29, 1.82) is 0 Å². The lowest BCUT2D eigenvalue weighted by Gasteiger charge is -2.18. The molecule has 0 heterocycles. The van der Waals surface area contributed by atoms with Crippen LogP contribution in [0.15, 0.2) is 24.3 Å². The first kappa shape index (κ1) is 16.5. The van der Waals surface area contributed by atoms with E-state index in [9.17, 15) is 9.59 Å². The third kappa shape index (κ3) is 5.61. The Morgan fingerprint density at radius 3 is 2.50 bits per heavy atom. The number of nitrogens with one attached hydrogen (secondary N) is 1. The first-order chi connectivity index (χ1) is 9.40. The van der Waals surface area contributed by atoms with Crippen molar-refractivity contribution in [3.05, 3.63) is 34.9 Å². The molecule has 0 aromatic heterocycles. The average Bonchev–Trinajstić information content (AvgIpc) is 2.34. The van der Waals surface area contributed by atoms with E-state index in [2.05, 4.69) is 5.32 Å². The molecule has 1 unspecified atom stereocenters. The number of hydrogen-bond donors (Lipinski definition) is 2. The summed E-state index contributed by atoms with van der Waals surface area (Å²) in [4.78, 5) is 22.8. The fraction of sp³-hybridized carbons (Fsp3) is 0.467. The summed E-state index contributed by atoms with van der Waals surface area (Å²) in [5, 5.41) is 12.0. The monoisotopic (exact) mass is 297 g/mol. The highest BCUT2D eigenvalue weighted by Gasteiger charge is 2.17. The molecule has 110 valence electrons. The molecular formula is C15H20ClNO3. The maximum atomic E-state index is 12.0. The van der Waals surface area contributed by atoms with Gasteiger partial charge in [-0.05, 0) is 30.4 Å². The standard InChI is InChI=1S/C15H20ClNO3/c1-10(2)7-11(8-14(18)19)9-17-15(20)12-5-3-4-6-13(12)16/h3-6,10-11H,7-9H2,1-2H3,(H,17,20)(H,18,19). The number of halogens is 1. The summed E-state index contributed by atoms with van der Waals surface area (Å²) in [6.45, 7) is 4.41. The van der Waals surface area contributed by atoms with Crippen LogP contribution in [0, 0.1) is 11.8 Å². The summed E-state index contributed by atoms with van der Waals surface area (Å²) in [7, 11) is 0. The Labute approximate surface area is 124 Å². The third-order valence-corrected chi connectivity index (χ3v) is 3.27. The van der Waals surface area contributed by atoms with Crippen molar-refractivity contribution in [2.75, 3.05) is 6.54 Å². The molecule has 0 saturated carbocycles. The summed E-state index contributed by atoms with van der Waals surface area (Å²) >= 11 is 5.95. The van der Waals surface area contributed by atoms with Crippen LogP contribution < -0.4 is 5.32 Å². The van der Waals surface area contributed by atoms with Gasteiger partial charge in [0.05, 0.1) is 10.6 Å². The Morgan fingerprint density at radius 2 is 1.95 bits per heavy atom. The van der Waals surface area contributed by atoms with Gasteiger partial charge in [0.1, 0.15) is 0 Å². The number of amides is 1. The van der Waals surface area contributed by atoms with E-state index in [-0.39, 0.29) is 18.2 Å². The Kier molecular flexibility index (Phi) is 6.52. The fourth-order valence-electron chi connectivity index (χ4n) is 2.13. The van der Waals surface area contributed by atoms with Gasteiger partial charge in [0.15, 0.2) is 0 Å². The maximum Gasteiger partial charge on any atom is 0.303 e. The molecule has 0 bridgehead atoms. The molecule has 0 spiro atoms. The van der Waals surface area contributed by atoms with E-state index in [0.29, 0.717) is 23.0 Å². The van der Waals surface area contributed by atoms with E-state index in [1.54, 1.807) is 24.3 Å². The SMILES string of the molecule is CC(C)CC(CNC(=O)c1ccccc1Cl)CC(=O)O. The molecule has 1 rings (SSSR count). The van der Waals surface area contributed by atoms with E-state index in [4.69, 9.17) is 16.7 Å². The molecule has 20 heavy (non-hydrogen) atoms. The molecule has 0 aliphatic heterocycles. The van der Waals surface area contributed by atoms with Gasteiger partial charge in [-0.15, -0.1) is 0 Å². The zero-order valence-corrected chi connectivity index (χ0v) is 12.5. The van der Waals surface area contributed by atoms with Gasteiger partial charge in [-0.25, -0.2) is 0 Å². The van der Waals surface area contributed by atoms with Crippen molar-refractivity contribution in [3.63, 3.8) is 0 Å². The van der Waals surface area contributed by atoms with Crippen molar-refractivity contribution in [1.82, 2.24) is 5.32 Å². The minimum Gasteiger partial charge on any atom is -0.481 e. The lowest BCUT2D eigenvalue weighted by Crippen LogP contribution is -2.31. The number of hydrogen-bond acceptors (Lipinski definition) is 2. The lowest BCUT2D eigenvalue weighted by molar-refractivity contribution is -0.138. The van der Waals surface area contributed by atoms with Crippen LogP contribution in [-0.4, -0.2) is 23.5 Å². The molecule has 0 aliphatic carbocycles. The Balaban J connectivity index is 2.60. The molecule has 4 nitrogen and oxygen atoms in total. The van der Waals surface area contributed by atoms with Gasteiger partial charge in [0.25, 0.3) is 5.91 Å². The Morgan fingerprint density at radius 1 is 1.30 bits per heavy atom. The Bertz CT molecular complexity index is 474. The number of aliphatic carboxylic acids is 1. The number of benzene rings is 1. The van der Waals surface area contributed by atoms with Crippen molar-refractivity contribution < 1.29 is 14.7 Å². The summed E-state index contributed by atoms with van der Waals surface area (Å²) in [5.41, 5.74) is 0.410. The zero-order valence-electron chi connectivity index (χ0n) is 11.7. The van der Waals surface area contributed by atoms with Gasteiger partial charge in [-0.3, -0.25) is 9.59 Å². The fourth-order valence-corrected chi connectivity index (χ4v) is 2.35. The number of carboxylic acids is 1. The van der Waals surface area contributed by atoms with E-state index in [0.717, 1.165) is 6.42 Å². The summed E-state index contributed by atoms with van der Waals surface area (Å²) in [6, 6.07) is 6.79. The molecule has 0 saturated heterocycles. The van der Waals surface area contributed by atoms with Crippen molar-refractivity contribution in [2.45, 2.75) is 26.7 Å². The topological polar surface area (TPSA) is 66.4 Å². The minimum atomic E-state index is -0.845. The quantitative estimate of drug-likeness (QED) is 0.812. The van der Waals surface area contributed by atoms with E-state index >= 15 is 0 Å². The van der Waals surface area contributed by atoms with Crippen LogP contribution in [-0.2, 0) is 4.79 Å². The van der Waals surface area contributed by atoms with Crippen LogP contribution in [0.5, 0.6) is 0 Å². The highest BCUT2D eigenvalue weighted by Crippen LogP contribution is 2.17. The first-order valence-electron chi connectivity index (χ1n) is 6.64. The predicted octanol–water partition coefficient (Wildman–Crippen LogP) is 3.21. The van der Waals surface area contributed by atoms with E-state index in [1.807, 2.05) is 13.8 Å². The van der Waals surface area contributed by atoms with Crippen LogP contribution in [0.2, 0.25) is 5.02 Å². The van der Waals surface area contributed by atoms with Crippen molar-refractivity contribution in [2.24, 2.45) is 11.8 Å². The van der Waals surface area contributed by atoms with E-state index in [1.165, 1.54) is 0 Å². The van der Waals surface area contributed by atoms with Crippen LogP contribution in [0.4, 0.5) is 0 Å². The summed E-state index contributed by atoms with van der Waals surface area (Å²) < 4.78 is 0. The average molecular weight is 298 g/mol. The smallest absolute Gasteiger partial charge is 0.303 e. The number of carbonyl (C=O) groups excluding carboxylic acids is 1. The van der Waals surface area contributed by atoms with Gasteiger partial charge in [0.2, 0.25) is 0 Å². The van der Waals surface area contributed by atoms with Gasteiger partial charge in [-0.1, -0.05) is 37.6 Å². The summed E-state index contributed by atoms with van der Waals surface area (Å²) in [6.07, 6.45) is 0.816. The molecular weight excluding hydrogens is 278 g/mol. The largest absolute Gasteiger partial charge is 0.481 e. The number of rotatable bonds is 7. The van der Waals surface area contributed by atoms with Crippen LogP contribution in [0.3, 0.4) is 0 Å². The first-order valence-corrected chi connectivity index (χ1v) is 7.02. The molecule has 5 heteroatoms. The van der Waals surface area contributed by atoms with Crippen LogP contribution >= 0.6 is 11.6 Å². The second-order valence-electron chi connectivity index (χ2n) is 5.28. The number of carboxylic acid groups (broad SMARTS) is 1. The molecule has 1 aromatic carbocycles. The number of carbonyl (C=O) groups is 2. The second-order valence-corrected chi connectivity index (χ2v) is 5.69. The highest BCUT2D eigenvalue weighted by molar-refractivity contribution is 6.33. The zero-order chi connectivity index (χ0) is 15.1. The maximum absolute atomic E-state index is 12.0. The van der Waals surface area contributed by atoms with Gasteiger partial charge < -0.3 is 10.4 Å². The molecule has 1 atom stereocenters. The van der Waals surface area contributed by atoms with Gasteiger partial charge >= 0.3 is 5.97 Å². The molecule has 0 aliphatic rings. The van der Waals surface area contributed by atoms with Gasteiger partial charge in [-0.2, -0.15) is 0 Å². The predicted molar refractivity (Wildman–Crippen MR) is 79.0 cm³/mol. The molecule has 2 N–H and O–H groups in total. The second kappa shape index (κ2) is 7.90. The Hall–Kier alpha value is -1.55. The highest BCUT2D eigenvalue weighted by atomic mass is 35.5. The van der Waals surface area contributed by atoms with Gasteiger partial charge in [0, 0.05) is 13.0 Å². The van der Waals surface area contributed by atoms with Crippen LogP contribution in [0.25, 0.3) is 0 Å².